The molecule has 104 valence electrons. The van der Waals surface area contributed by atoms with Gasteiger partial charge in [0.15, 0.2) is 0 Å². The fourth-order valence-electron chi connectivity index (χ4n) is 2.29. The van der Waals surface area contributed by atoms with Crippen LogP contribution < -0.4 is 5.32 Å². The van der Waals surface area contributed by atoms with Crippen LogP contribution in [0.3, 0.4) is 0 Å². The summed E-state index contributed by atoms with van der Waals surface area (Å²) in [4.78, 5) is 0. The molecule has 0 heterocycles. The maximum atomic E-state index is 10.2. The van der Waals surface area contributed by atoms with Crippen LogP contribution in [0.5, 0.6) is 0 Å². The van der Waals surface area contributed by atoms with E-state index in [9.17, 15) is 5.11 Å². The summed E-state index contributed by atoms with van der Waals surface area (Å²) in [6.45, 7) is 9.64. The van der Waals surface area contributed by atoms with Crippen LogP contribution in [-0.2, 0) is 6.54 Å². The predicted molar refractivity (Wildman–Crippen MR) is 77.5 cm³/mol. The topological polar surface area (TPSA) is 56.0 Å². The van der Waals surface area contributed by atoms with Crippen molar-refractivity contribution in [1.82, 2.24) is 5.32 Å². The molecule has 0 radical (unpaired) electrons. The highest BCUT2D eigenvalue weighted by atomic mass is 16.3. The van der Waals surface area contributed by atoms with Crippen molar-refractivity contribution in [3.63, 3.8) is 0 Å². The van der Waals surface area contributed by atoms with Crippen LogP contribution in [0.2, 0.25) is 0 Å². The number of aliphatic hydroxyl groups excluding tert-OH is 1. The highest BCUT2D eigenvalue weighted by Crippen LogP contribution is 2.25. The molecule has 0 aromatic heterocycles. The lowest BCUT2D eigenvalue weighted by molar-refractivity contribution is 0.0134. The number of nitrogens with one attached hydrogen (secondary N) is 1. The van der Waals surface area contributed by atoms with E-state index in [0.717, 1.165) is 12.1 Å². The summed E-state index contributed by atoms with van der Waals surface area (Å²) in [6, 6.07) is 9.72. The summed E-state index contributed by atoms with van der Waals surface area (Å²) in [5.74, 6) is 0.249. The first-order valence-electron chi connectivity index (χ1n) is 6.74. The zero-order valence-corrected chi connectivity index (χ0v) is 12.3. The van der Waals surface area contributed by atoms with E-state index in [4.69, 9.17) is 5.26 Å². The van der Waals surface area contributed by atoms with Crippen molar-refractivity contribution in [3.8, 4) is 6.07 Å². The number of nitriles is 1. The molecule has 1 unspecified atom stereocenters. The second-order valence-corrected chi connectivity index (χ2v) is 6.09. The molecule has 0 spiro atoms. The molecule has 0 saturated carbocycles. The molecule has 1 rings (SSSR count). The molecule has 0 saturated heterocycles. The van der Waals surface area contributed by atoms with Crippen molar-refractivity contribution < 1.29 is 5.11 Å². The van der Waals surface area contributed by atoms with E-state index in [1.807, 2.05) is 32.0 Å². The van der Waals surface area contributed by atoms with Crippen molar-refractivity contribution >= 4 is 0 Å². The average Bonchev–Trinajstić information content (AvgIpc) is 2.37. The Bertz CT molecular complexity index is 446. The van der Waals surface area contributed by atoms with Crippen LogP contribution in [0.1, 0.15) is 38.8 Å². The highest BCUT2D eigenvalue weighted by molar-refractivity contribution is 5.32. The summed E-state index contributed by atoms with van der Waals surface area (Å²) in [6.07, 6.45) is -0.328. The number of aliphatic hydroxyl groups is 1. The summed E-state index contributed by atoms with van der Waals surface area (Å²) in [5, 5.41) is 22.4. The van der Waals surface area contributed by atoms with Crippen LogP contribution in [-0.4, -0.2) is 17.8 Å². The van der Waals surface area contributed by atoms with Crippen LogP contribution in [0.15, 0.2) is 24.3 Å². The largest absolute Gasteiger partial charge is 0.392 e. The average molecular weight is 260 g/mol. The first-order valence-corrected chi connectivity index (χ1v) is 6.74. The number of rotatable bonds is 6. The van der Waals surface area contributed by atoms with Gasteiger partial charge in [0.25, 0.3) is 0 Å². The van der Waals surface area contributed by atoms with E-state index < -0.39 is 0 Å². The number of hydrogen-bond donors (Lipinski definition) is 2. The first-order chi connectivity index (χ1) is 8.86. The number of hydrogen-bond acceptors (Lipinski definition) is 3. The van der Waals surface area contributed by atoms with Gasteiger partial charge in [-0.05, 0) is 23.6 Å². The van der Waals surface area contributed by atoms with E-state index >= 15 is 0 Å². The number of nitrogens with zero attached hydrogens (tertiary/aromatic N) is 1. The molecule has 19 heavy (non-hydrogen) atoms. The summed E-state index contributed by atoms with van der Waals surface area (Å²) >= 11 is 0. The fourth-order valence-corrected chi connectivity index (χ4v) is 2.29. The zero-order valence-electron chi connectivity index (χ0n) is 12.3. The second-order valence-electron chi connectivity index (χ2n) is 6.09. The van der Waals surface area contributed by atoms with Gasteiger partial charge in [-0.2, -0.15) is 5.26 Å². The third kappa shape index (κ3) is 4.66. The molecule has 0 aliphatic rings. The van der Waals surface area contributed by atoms with Gasteiger partial charge in [-0.15, -0.1) is 0 Å². The first kappa shape index (κ1) is 15.7. The zero-order chi connectivity index (χ0) is 14.5. The van der Waals surface area contributed by atoms with E-state index in [-0.39, 0.29) is 17.4 Å². The Balaban J connectivity index is 2.52. The summed E-state index contributed by atoms with van der Waals surface area (Å²) in [7, 11) is 0. The van der Waals surface area contributed by atoms with Crippen molar-refractivity contribution in [2.24, 2.45) is 11.3 Å². The van der Waals surface area contributed by atoms with Crippen LogP contribution in [0.25, 0.3) is 0 Å². The smallest absolute Gasteiger partial charge is 0.0991 e. The SMILES string of the molecule is CC(C)C(O)C(C)(C)CNCc1cccc(C#N)c1. The maximum Gasteiger partial charge on any atom is 0.0991 e. The van der Waals surface area contributed by atoms with Crippen molar-refractivity contribution in [3.05, 3.63) is 35.4 Å². The van der Waals surface area contributed by atoms with Gasteiger partial charge in [0.05, 0.1) is 17.7 Å². The van der Waals surface area contributed by atoms with Crippen molar-refractivity contribution in [2.75, 3.05) is 6.54 Å². The van der Waals surface area contributed by atoms with Crippen LogP contribution in [0.4, 0.5) is 0 Å². The van der Waals surface area contributed by atoms with E-state index in [1.165, 1.54) is 0 Å². The van der Waals surface area contributed by atoms with Gasteiger partial charge in [0.1, 0.15) is 0 Å². The fraction of sp³-hybridized carbons (Fsp3) is 0.562. The molecule has 1 atom stereocenters. The maximum absolute atomic E-state index is 10.2. The van der Waals surface area contributed by atoms with Gasteiger partial charge in [-0.3, -0.25) is 0 Å². The number of benzene rings is 1. The predicted octanol–water partition coefficient (Wildman–Crippen LogP) is 2.69. The Labute approximate surface area is 116 Å². The Morgan fingerprint density at radius 1 is 1.37 bits per heavy atom. The molecule has 1 aromatic rings. The van der Waals surface area contributed by atoms with Gasteiger partial charge in [0.2, 0.25) is 0 Å². The van der Waals surface area contributed by atoms with Gasteiger partial charge >= 0.3 is 0 Å². The third-order valence-corrected chi connectivity index (χ3v) is 3.40. The van der Waals surface area contributed by atoms with E-state index in [0.29, 0.717) is 12.1 Å². The minimum Gasteiger partial charge on any atom is -0.392 e. The van der Waals surface area contributed by atoms with Crippen LogP contribution in [0, 0.1) is 22.7 Å². The van der Waals surface area contributed by atoms with Crippen LogP contribution >= 0.6 is 0 Å². The molecule has 0 aliphatic carbocycles. The molecule has 3 heteroatoms. The van der Waals surface area contributed by atoms with Gasteiger partial charge in [-0.25, -0.2) is 0 Å². The Morgan fingerprint density at radius 3 is 2.63 bits per heavy atom. The van der Waals surface area contributed by atoms with Crippen molar-refractivity contribution in [2.45, 2.75) is 40.3 Å². The Kier molecular flexibility index (Phi) is 5.53. The summed E-state index contributed by atoms with van der Waals surface area (Å²) in [5.41, 5.74) is 1.61. The lowest BCUT2D eigenvalue weighted by atomic mass is 9.80. The molecule has 0 bridgehead atoms. The standard InChI is InChI=1S/C16H24N2O/c1-12(2)15(19)16(3,4)11-18-10-14-7-5-6-13(8-14)9-17/h5-8,12,15,18-19H,10-11H2,1-4H3. The van der Waals surface area contributed by atoms with E-state index in [2.05, 4.69) is 25.2 Å². The molecular weight excluding hydrogens is 236 g/mol. The Morgan fingerprint density at radius 2 is 2.05 bits per heavy atom. The monoisotopic (exact) mass is 260 g/mol. The molecular formula is C16H24N2O. The molecule has 2 N–H and O–H groups in total. The highest BCUT2D eigenvalue weighted by Gasteiger charge is 2.29. The molecule has 0 amide bonds. The Hall–Kier alpha value is -1.37. The lowest BCUT2D eigenvalue weighted by Crippen LogP contribution is -2.41. The minimum atomic E-state index is -0.328. The second kappa shape index (κ2) is 6.70. The lowest BCUT2D eigenvalue weighted by Gasteiger charge is -2.33. The molecule has 0 aliphatic heterocycles. The van der Waals surface area contributed by atoms with Gasteiger partial charge in [0, 0.05) is 18.5 Å². The minimum absolute atomic E-state index is 0.166. The summed E-state index contributed by atoms with van der Waals surface area (Å²) < 4.78 is 0. The molecule has 3 nitrogen and oxygen atoms in total. The molecule has 0 fully saturated rings. The molecule has 1 aromatic carbocycles. The van der Waals surface area contributed by atoms with Gasteiger partial charge in [-0.1, -0.05) is 39.8 Å². The van der Waals surface area contributed by atoms with Gasteiger partial charge < -0.3 is 10.4 Å². The van der Waals surface area contributed by atoms with E-state index in [1.54, 1.807) is 6.07 Å². The normalized spacial score (nSPS) is 13.3. The quantitative estimate of drug-likeness (QED) is 0.827. The third-order valence-electron chi connectivity index (χ3n) is 3.40. The van der Waals surface area contributed by atoms with Crippen molar-refractivity contribution in [1.29, 1.82) is 5.26 Å².